The molecule has 0 bridgehead atoms. The molecule has 26 heavy (non-hydrogen) atoms. The summed E-state index contributed by atoms with van der Waals surface area (Å²) in [4.78, 5) is 15.5. The second-order valence-electron chi connectivity index (χ2n) is 6.80. The van der Waals surface area contributed by atoms with Crippen molar-refractivity contribution in [1.82, 2.24) is 0 Å². The number of oxime groups is 1. The molecule has 0 aliphatic heterocycles. The standard InChI is InChI=1S/C21H33NO4/c1-3-4-5-6-7-8-9-10-11-12-19(22-26-16-21(24)25)18-15-17(2)13-14-20(18)23/h13-15,23H,3-12,16H2,1-2H3,(H,24,25)/b22-19-. The Hall–Kier alpha value is -2.04. The quantitative estimate of drug-likeness (QED) is 0.262. The minimum Gasteiger partial charge on any atom is -0.507 e. The lowest BCUT2D eigenvalue weighted by molar-refractivity contribution is -0.142. The predicted molar refractivity (Wildman–Crippen MR) is 105 cm³/mol. The molecule has 5 heteroatoms. The smallest absolute Gasteiger partial charge is 0.344 e. The Morgan fingerprint density at radius 1 is 1.04 bits per heavy atom. The summed E-state index contributed by atoms with van der Waals surface area (Å²) in [5.41, 5.74) is 2.24. The first-order valence-electron chi connectivity index (χ1n) is 9.75. The molecular weight excluding hydrogens is 330 g/mol. The number of carbonyl (C=O) groups is 1. The maximum absolute atomic E-state index is 10.6. The van der Waals surface area contributed by atoms with Crippen molar-refractivity contribution in [2.45, 2.75) is 78.1 Å². The average molecular weight is 363 g/mol. The van der Waals surface area contributed by atoms with Gasteiger partial charge >= 0.3 is 5.97 Å². The Kier molecular flexibility index (Phi) is 11.2. The lowest BCUT2D eigenvalue weighted by Crippen LogP contribution is -2.08. The minimum atomic E-state index is -1.07. The Balaban J connectivity index is 2.48. The van der Waals surface area contributed by atoms with Crippen LogP contribution in [0.2, 0.25) is 0 Å². The van der Waals surface area contributed by atoms with Gasteiger partial charge in [0.1, 0.15) is 5.75 Å². The fraction of sp³-hybridized carbons (Fsp3) is 0.619. The van der Waals surface area contributed by atoms with E-state index in [1.54, 1.807) is 6.07 Å². The molecule has 1 rings (SSSR count). The molecule has 1 aromatic rings. The molecule has 0 aliphatic carbocycles. The van der Waals surface area contributed by atoms with Crippen molar-refractivity contribution in [1.29, 1.82) is 0 Å². The summed E-state index contributed by atoms with van der Waals surface area (Å²) in [7, 11) is 0. The summed E-state index contributed by atoms with van der Waals surface area (Å²) in [6.07, 6.45) is 11.7. The van der Waals surface area contributed by atoms with Gasteiger partial charge < -0.3 is 15.1 Å². The van der Waals surface area contributed by atoms with Crippen LogP contribution in [0.25, 0.3) is 0 Å². The topological polar surface area (TPSA) is 79.1 Å². The van der Waals surface area contributed by atoms with Crippen molar-refractivity contribution in [2.24, 2.45) is 5.16 Å². The van der Waals surface area contributed by atoms with E-state index in [2.05, 4.69) is 12.1 Å². The van der Waals surface area contributed by atoms with Gasteiger partial charge in [-0.05, 0) is 31.9 Å². The molecule has 5 nitrogen and oxygen atoms in total. The zero-order valence-corrected chi connectivity index (χ0v) is 16.2. The molecule has 0 unspecified atom stereocenters. The van der Waals surface area contributed by atoms with E-state index in [0.29, 0.717) is 17.7 Å². The van der Waals surface area contributed by atoms with Crippen molar-refractivity contribution in [3.8, 4) is 5.75 Å². The molecule has 0 spiro atoms. The van der Waals surface area contributed by atoms with Gasteiger partial charge in [0.05, 0.1) is 5.71 Å². The van der Waals surface area contributed by atoms with E-state index >= 15 is 0 Å². The van der Waals surface area contributed by atoms with Crippen LogP contribution in [0.5, 0.6) is 5.75 Å². The Bertz CT molecular complexity index is 569. The zero-order valence-electron chi connectivity index (χ0n) is 16.2. The number of hydrogen-bond donors (Lipinski definition) is 2. The van der Waals surface area contributed by atoms with Crippen LogP contribution >= 0.6 is 0 Å². The van der Waals surface area contributed by atoms with Gasteiger partial charge in [0.25, 0.3) is 0 Å². The first kappa shape index (κ1) is 22.0. The van der Waals surface area contributed by atoms with Gasteiger partial charge in [-0.25, -0.2) is 4.79 Å². The molecule has 0 radical (unpaired) electrons. The van der Waals surface area contributed by atoms with Crippen molar-refractivity contribution in [3.05, 3.63) is 29.3 Å². The maximum Gasteiger partial charge on any atom is 0.344 e. The van der Waals surface area contributed by atoms with Crippen LogP contribution < -0.4 is 0 Å². The predicted octanol–water partition coefficient (Wildman–Crippen LogP) is 5.43. The van der Waals surface area contributed by atoms with Gasteiger partial charge in [-0.2, -0.15) is 0 Å². The molecule has 0 aliphatic rings. The summed E-state index contributed by atoms with van der Waals surface area (Å²) in [6, 6.07) is 5.31. The number of aliphatic carboxylic acids is 1. The maximum atomic E-state index is 10.6. The largest absolute Gasteiger partial charge is 0.507 e. The van der Waals surface area contributed by atoms with Crippen LogP contribution in [0, 0.1) is 6.92 Å². The van der Waals surface area contributed by atoms with Crippen molar-refractivity contribution < 1.29 is 19.8 Å². The fourth-order valence-corrected chi connectivity index (χ4v) is 2.88. The summed E-state index contributed by atoms with van der Waals surface area (Å²) in [6.45, 7) is 3.69. The number of hydrogen-bond acceptors (Lipinski definition) is 4. The minimum absolute atomic E-state index is 0.143. The third kappa shape index (κ3) is 9.44. The molecule has 0 saturated heterocycles. The van der Waals surface area contributed by atoms with Crippen LogP contribution in [0.4, 0.5) is 0 Å². The number of carboxylic acid groups (broad SMARTS) is 1. The van der Waals surface area contributed by atoms with Crippen molar-refractivity contribution in [2.75, 3.05) is 6.61 Å². The highest BCUT2D eigenvalue weighted by atomic mass is 16.6. The highest BCUT2D eigenvalue weighted by Gasteiger charge is 2.11. The first-order valence-corrected chi connectivity index (χ1v) is 9.75. The van der Waals surface area contributed by atoms with Crippen LogP contribution in [-0.2, 0) is 9.63 Å². The molecule has 0 saturated carbocycles. The first-order chi connectivity index (χ1) is 12.5. The fourth-order valence-electron chi connectivity index (χ4n) is 2.88. The third-order valence-corrected chi connectivity index (χ3v) is 4.34. The van der Waals surface area contributed by atoms with Crippen LogP contribution in [-0.4, -0.2) is 28.5 Å². The van der Waals surface area contributed by atoms with Crippen LogP contribution in [0.15, 0.2) is 23.4 Å². The second-order valence-corrected chi connectivity index (χ2v) is 6.80. The Morgan fingerprint density at radius 3 is 2.27 bits per heavy atom. The van der Waals surface area contributed by atoms with Gasteiger partial charge in [-0.1, -0.05) is 75.1 Å². The SMILES string of the molecule is CCCCCCCCCCC/C(=N/OCC(=O)O)c1cc(C)ccc1O. The number of benzene rings is 1. The van der Waals surface area contributed by atoms with Gasteiger partial charge in [-0.15, -0.1) is 0 Å². The second kappa shape index (κ2) is 13.2. The highest BCUT2D eigenvalue weighted by molar-refractivity contribution is 6.02. The molecule has 0 aromatic heterocycles. The van der Waals surface area contributed by atoms with Crippen LogP contribution in [0.3, 0.4) is 0 Å². The average Bonchev–Trinajstić information content (AvgIpc) is 2.60. The normalized spacial score (nSPS) is 11.5. The van der Waals surface area contributed by atoms with E-state index in [1.165, 1.54) is 44.9 Å². The summed E-state index contributed by atoms with van der Waals surface area (Å²) in [5.74, 6) is -0.922. The van der Waals surface area contributed by atoms with Crippen molar-refractivity contribution >= 4 is 11.7 Å². The van der Waals surface area contributed by atoms with E-state index in [9.17, 15) is 9.90 Å². The molecular formula is C21H33NO4. The van der Waals surface area contributed by atoms with E-state index in [0.717, 1.165) is 18.4 Å². The Morgan fingerprint density at radius 2 is 1.65 bits per heavy atom. The summed E-state index contributed by atoms with van der Waals surface area (Å²) < 4.78 is 0. The van der Waals surface area contributed by atoms with Crippen molar-refractivity contribution in [3.63, 3.8) is 0 Å². The lowest BCUT2D eigenvalue weighted by Gasteiger charge is -2.10. The number of nitrogens with zero attached hydrogens (tertiary/aromatic N) is 1. The third-order valence-electron chi connectivity index (χ3n) is 4.34. The van der Waals surface area contributed by atoms with Gasteiger partial charge in [0, 0.05) is 5.56 Å². The van der Waals surface area contributed by atoms with E-state index in [-0.39, 0.29) is 5.75 Å². The molecule has 0 atom stereocenters. The number of phenols is 1. The number of rotatable bonds is 14. The number of aryl methyl sites for hydroxylation is 1. The molecule has 0 fully saturated rings. The monoisotopic (exact) mass is 363 g/mol. The number of phenolic OH excluding ortho intramolecular Hbond substituents is 1. The molecule has 2 N–H and O–H groups in total. The van der Waals surface area contributed by atoms with E-state index < -0.39 is 12.6 Å². The number of carboxylic acids is 1. The zero-order chi connectivity index (χ0) is 19.2. The summed E-state index contributed by atoms with van der Waals surface area (Å²) >= 11 is 0. The highest BCUT2D eigenvalue weighted by Crippen LogP contribution is 2.22. The number of unbranched alkanes of at least 4 members (excludes halogenated alkanes) is 8. The van der Waals surface area contributed by atoms with E-state index in [1.807, 2.05) is 19.1 Å². The van der Waals surface area contributed by atoms with Gasteiger partial charge in [0.15, 0.2) is 0 Å². The Labute approximate surface area is 157 Å². The number of aromatic hydroxyl groups is 1. The summed E-state index contributed by atoms with van der Waals surface area (Å²) in [5, 5.41) is 22.8. The van der Waals surface area contributed by atoms with Gasteiger partial charge in [0.2, 0.25) is 6.61 Å². The molecule has 0 amide bonds. The van der Waals surface area contributed by atoms with Gasteiger partial charge in [-0.3, -0.25) is 0 Å². The molecule has 0 heterocycles. The molecule has 1 aromatic carbocycles. The van der Waals surface area contributed by atoms with E-state index in [4.69, 9.17) is 9.94 Å². The molecule has 146 valence electrons. The lowest BCUT2D eigenvalue weighted by atomic mass is 10.00. The van der Waals surface area contributed by atoms with Crippen LogP contribution in [0.1, 0.15) is 82.3 Å².